The first-order valence-electron chi connectivity index (χ1n) is 14.5. The lowest BCUT2D eigenvalue weighted by Crippen LogP contribution is -2.40. The molecule has 224 valence electrons. The quantitative estimate of drug-likeness (QED) is 0.249. The SMILES string of the molecule is CC(C)C(=O)N1CCC(c2cc(-c3ccc(NC(=O)c4cc(Br)cn(-c5ccccc5)c4=O)cc3)c3c(N)ncnn23)CC1. The van der Waals surface area contributed by atoms with Crippen LogP contribution in [0.4, 0.5) is 11.5 Å². The van der Waals surface area contributed by atoms with Gasteiger partial charge in [-0.25, -0.2) is 9.50 Å². The zero-order valence-electron chi connectivity index (χ0n) is 24.4. The number of pyridine rings is 1. The van der Waals surface area contributed by atoms with E-state index in [9.17, 15) is 14.4 Å². The van der Waals surface area contributed by atoms with E-state index in [-0.39, 0.29) is 23.3 Å². The van der Waals surface area contributed by atoms with Crippen LogP contribution in [0.2, 0.25) is 0 Å². The van der Waals surface area contributed by atoms with Gasteiger partial charge in [-0.2, -0.15) is 5.10 Å². The van der Waals surface area contributed by atoms with Crippen molar-refractivity contribution < 1.29 is 9.59 Å². The summed E-state index contributed by atoms with van der Waals surface area (Å²) in [4.78, 5) is 45.1. The highest BCUT2D eigenvalue weighted by Gasteiger charge is 2.28. The number of nitrogen functional groups attached to an aromatic ring is 1. The molecule has 2 amide bonds. The maximum atomic E-state index is 13.2. The number of halogens is 1. The summed E-state index contributed by atoms with van der Waals surface area (Å²) in [6.45, 7) is 5.27. The Bertz CT molecular complexity index is 1910. The van der Waals surface area contributed by atoms with Crippen LogP contribution in [0.3, 0.4) is 0 Å². The zero-order valence-corrected chi connectivity index (χ0v) is 26.0. The Labute approximate surface area is 262 Å². The lowest BCUT2D eigenvalue weighted by Gasteiger charge is -2.33. The number of nitrogens with two attached hydrogens (primary N) is 1. The van der Waals surface area contributed by atoms with Crippen LogP contribution in [0.5, 0.6) is 0 Å². The van der Waals surface area contributed by atoms with Crippen molar-refractivity contribution in [3.8, 4) is 16.8 Å². The van der Waals surface area contributed by atoms with Gasteiger partial charge in [-0.1, -0.05) is 44.2 Å². The highest BCUT2D eigenvalue weighted by Crippen LogP contribution is 2.37. The second kappa shape index (κ2) is 12.1. The Balaban J connectivity index is 1.25. The number of nitrogens with zero attached hydrogens (tertiary/aromatic N) is 5. The number of benzene rings is 2. The van der Waals surface area contributed by atoms with Crippen molar-refractivity contribution >= 4 is 44.8 Å². The molecule has 0 bridgehead atoms. The first-order chi connectivity index (χ1) is 21.2. The van der Waals surface area contributed by atoms with Gasteiger partial charge in [0, 0.05) is 58.2 Å². The number of carbonyl (C=O) groups excluding carboxylic acids is 2. The van der Waals surface area contributed by atoms with Crippen molar-refractivity contribution in [2.75, 3.05) is 24.1 Å². The number of nitrogens with one attached hydrogen (secondary N) is 1. The van der Waals surface area contributed by atoms with Crippen LogP contribution in [0, 0.1) is 5.92 Å². The second-order valence-electron chi connectivity index (χ2n) is 11.3. The minimum atomic E-state index is -0.509. The number of carbonyl (C=O) groups is 2. The number of hydrogen-bond acceptors (Lipinski definition) is 6. The molecule has 3 aromatic heterocycles. The fourth-order valence-electron chi connectivity index (χ4n) is 5.79. The maximum absolute atomic E-state index is 13.2. The second-order valence-corrected chi connectivity index (χ2v) is 12.2. The molecule has 1 saturated heterocycles. The maximum Gasteiger partial charge on any atom is 0.268 e. The normalized spacial score (nSPS) is 13.9. The molecule has 44 heavy (non-hydrogen) atoms. The van der Waals surface area contributed by atoms with E-state index in [1.807, 2.05) is 53.6 Å². The lowest BCUT2D eigenvalue weighted by molar-refractivity contribution is -0.135. The summed E-state index contributed by atoms with van der Waals surface area (Å²) in [6, 6.07) is 20.1. The number of para-hydroxylation sites is 1. The fourth-order valence-corrected chi connectivity index (χ4v) is 6.22. The topological polar surface area (TPSA) is 128 Å². The van der Waals surface area contributed by atoms with Crippen LogP contribution in [0.1, 0.15) is 48.7 Å². The molecule has 1 aliphatic heterocycles. The number of rotatable bonds is 6. The third-order valence-electron chi connectivity index (χ3n) is 8.05. The summed E-state index contributed by atoms with van der Waals surface area (Å²) in [5.74, 6) is 0.242. The van der Waals surface area contributed by atoms with E-state index in [0.717, 1.165) is 35.2 Å². The van der Waals surface area contributed by atoms with Crippen molar-refractivity contribution in [2.45, 2.75) is 32.6 Å². The Morgan fingerprint density at radius 2 is 1.73 bits per heavy atom. The summed E-state index contributed by atoms with van der Waals surface area (Å²) in [5.41, 5.74) is 10.7. The van der Waals surface area contributed by atoms with Crippen molar-refractivity contribution in [2.24, 2.45) is 5.92 Å². The molecule has 2 aromatic carbocycles. The van der Waals surface area contributed by atoms with E-state index in [4.69, 9.17) is 5.73 Å². The third kappa shape index (κ3) is 5.62. The first kappa shape index (κ1) is 29.3. The van der Waals surface area contributed by atoms with Crippen LogP contribution < -0.4 is 16.6 Å². The monoisotopic (exact) mass is 653 g/mol. The number of piperidine rings is 1. The Hall–Kier alpha value is -4.77. The van der Waals surface area contributed by atoms with Gasteiger partial charge in [-0.05, 0) is 70.7 Å². The Kier molecular flexibility index (Phi) is 8.05. The average Bonchev–Trinajstić information content (AvgIpc) is 3.43. The van der Waals surface area contributed by atoms with E-state index in [1.54, 1.807) is 30.5 Å². The van der Waals surface area contributed by atoms with Crippen LogP contribution in [-0.4, -0.2) is 49.0 Å². The molecular weight excluding hydrogens is 622 g/mol. The highest BCUT2D eigenvalue weighted by atomic mass is 79.9. The molecule has 0 radical (unpaired) electrons. The van der Waals surface area contributed by atoms with Gasteiger partial charge >= 0.3 is 0 Å². The summed E-state index contributed by atoms with van der Waals surface area (Å²) >= 11 is 3.43. The number of fused-ring (bicyclic) bond motifs is 1. The summed E-state index contributed by atoms with van der Waals surface area (Å²) in [6.07, 6.45) is 4.77. The molecule has 11 heteroatoms. The van der Waals surface area contributed by atoms with Crippen molar-refractivity contribution in [3.63, 3.8) is 0 Å². The van der Waals surface area contributed by atoms with Crippen molar-refractivity contribution in [1.29, 1.82) is 0 Å². The molecule has 10 nitrogen and oxygen atoms in total. The molecule has 1 fully saturated rings. The van der Waals surface area contributed by atoms with Gasteiger partial charge in [-0.3, -0.25) is 19.0 Å². The predicted molar refractivity (Wildman–Crippen MR) is 174 cm³/mol. The summed E-state index contributed by atoms with van der Waals surface area (Å²) < 4.78 is 3.91. The largest absolute Gasteiger partial charge is 0.382 e. The van der Waals surface area contributed by atoms with E-state index >= 15 is 0 Å². The van der Waals surface area contributed by atoms with Gasteiger partial charge in [0.05, 0.1) is 0 Å². The van der Waals surface area contributed by atoms with Gasteiger partial charge in [0.2, 0.25) is 5.91 Å². The molecule has 6 rings (SSSR count). The minimum Gasteiger partial charge on any atom is -0.382 e. The first-order valence-corrected chi connectivity index (χ1v) is 15.3. The van der Waals surface area contributed by atoms with Gasteiger partial charge in [0.15, 0.2) is 5.82 Å². The number of amides is 2. The predicted octanol–water partition coefficient (Wildman–Crippen LogP) is 5.51. The van der Waals surface area contributed by atoms with E-state index in [2.05, 4.69) is 37.4 Å². The number of aromatic nitrogens is 4. The Morgan fingerprint density at radius 3 is 2.41 bits per heavy atom. The molecule has 0 unspecified atom stereocenters. The van der Waals surface area contributed by atoms with Crippen LogP contribution in [-0.2, 0) is 4.79 Å². The van der Waals surface area contributed by atoms with E-state index < -0.39 is 11.5 Å². The molecule has 4 heterocycles. The molecule has 0 atom stereocenters. The van der Waals surface area contributed by atoms with E-state index in [1.165, 1.54) is 17.0 Å². The minimum absolute atomic E-state index is 0.0152. The van der Waals surface area contributed by atoms with Gasteiger partial charge < -0.3 is 16.0 Å². The van der Waals surface area contributed by atoms with Gasteiger partial charge in [0.1, 0.15) is 17.4 Å². The molecular formula is C33H32BrN7O3. The average molecular weight is 655 g/mol. The van der Waals surface area contributed by atoms with Gasteiger partial charge in [-0.15, -0.1) is 0 Å². The van der Waals surface area contributed by atoms with Crippen LogP contribution in [0.15, 0.2) is 88.5 Å². The fraction of sp³-hybridized carbons (Fsp3) is 0.242. The molecule has 0 aliphatic carbocycles. The zero-order chi connectivity index (χ0) is 31.0. The number of likely N-dealkylation sites (tertiary alicyclic amines) is 1. The van der Waals surface area contributed by atoms with Crippen LogP contribution >= 0.6 is 15.9 Å². The van der Waals surface area contributed by atoms with Crippen LogP contribution in [0.25, 0.3) is 22.3 Å². The smallest absolute Gasteiger partial charge is 0.268 e. The molecule has 3 N–H and O–H groups in total. The standard InChI is InChI=1S/C33H32BrN7O3/c1-20(2)32(43)39-14-12-22(13-15-39)28-17-26(29-30(35)36-19-37-41(28)29)21-8-10-24(11-9-21)38-31(42)27-16-23(34)18-40(33(27)44)25-6-4-3-5-7-25/h3-11,16-20,22H,12-15H2,1-2H3,(H,38,42)(H2,35,36,37). The molecule has 1 aliphatic rings. The van der Waals surface area contributed by atoms with Crippen molar-refractivity contribution in [3.05, 3.63) is 105 Å². The molecule has 0 spiro atoms. The summed E-state index contributed by atoms with van der Waals surface area (Å²) in [7, 11) is 0. The number of anilines is 2. The number of hydrogen-bond donors (Lipinski definition) is 2. The van der Waals surface area contributed by atoms with Crippen molar-refractivity contribution in [1.82, 2.24) is 24.1 Å². The summed E-state index contributed by atoms with van der Waals surface area (Å²) in [5, 5.41) is 7.38. The molecule has 0 saturated carbocycles. The lowest BCUT2D eigenvalue weighted by atomic mass is 9.92. The molecule has 5 aromatic rings. The Morgan fingerprint density at radius 1 is 1.02 bits per heavy atom. The van der Waals surface area contributed by atoms with Gasteiger partial charge in [0.25, 0.3) is 11.5 Å². The highest BCUT2D eigenvalue weighted by molar-refractivity contribution is 9.10. The van der Waals surface area contributed by atoms with E-state index in [0.29, 0.717) is 34.8 Å². The third-order valence-corrected chi connectivity index (χ3v) is 8.48.